The van der Waals surface area contributed by atoms with Crippen molar-refractivity contribution < 1.29 is 27.5 Å². The third-order valence-electron chi connectivity index (χ3n) is 7.39. The van der Waals surface area contributed by atoms with E-state index in [1.54, 1.807) is 32.9 Å². The molecule has 1 atom stereocenters. The molecule has 1 aromatic heterocycles. The second-order valence-electron chi connectivity index (χ2n) is 11.3. The number of nitrogens with zero attached hydrogens (tertiary/aromatic N) is 1. The Balaban J connectivity index is 1.27. The molecule has 3 aromatic rings. The summed E-state index contributed by atoms with van der Waals surface area (Å²) in [5.41, 5.74) is 1.73. The molecule has 0 unspecified atom stereocenters. The fraction of sp³-hybridized carbons (Fsp3) is 0.448. The molecule has 2 amide bonds. The number of hydrogen-bond acceptors (Lipinski definition) is 3. The Morgan fingerprint density at radius 3 is 2.47 bits per heavy atom. The van der Waals surface area contributed by atoms with Crippen LogP contribution < -0.4 is 5.32 Å². The molecular formula is C29H32F3N3O3. The number of H-pyrrole nitrogens is 1. The molecule has 2 N–H and O–H groups in total. The minimum Gasteiger partial charge on any atom is -0.444 e. The lowest BCUT2D eigenvalue weighted by atomic mass is 9.70. The van der Waals surface area contributed by atoms with Gasteiger partial charge in [-0.2, -0.15) is 0 Å². The summed E-state index contributed by atoms with van der Waals surface area (Å²) in [7, 11) is 0. The first-order chi connectivity index (χ1) is 18.0. The Labute approximate surface area is 219 Å². The molecular weight excluding hydrogens is 495 g/mol. The summed E-state index contributed by atoms with van der Waals surface area (Å²) in [6, 6.07) is 7.54. The molecule has 2 heterocycles. The molecule has 9 heteroatoms. The van der Waals surface area contributed by atoms with E-state index in [0.717, 1.165) is 30.9 Å². The van der Waals surface area contributed by atoms with Crippen molar-refractivity contribution >= 4 is 22.9 Å². The highest BCUT2D eigenvalue weighted by Crippen LogP contribution is 2.48. The largest absolute Gasteiger partial charge is 0.444 e. The number of likely N-dealkylation sites (tertiary alicyclic amines) is 1. The highest BCUT2D eigenvalue weighted by Gasteiger charge is 2.38. The number of amides is 2. The van der Waals surface area contributed by atoms with Crippen LogP contribution in [0.25, 0.3) is 22.2 Å². The summed E-state index contributed by atoms with van der Waals surface area (Å²) in [5, 5.41) is 3.47. The van der Waals surface area contributed by atoms with Crippen molar-refractivity contribution in [2.24, 2.45) is 5.92 Å². The number of halogens is 3. The molecule has 1 saturated heterocycles. The predicted molar refractivity (Wildman–Crippen MR) is 138 cm³/mol. The molecule has 6 nitrogen and oxygen atoms in total. The number of carbonyl (C=O) groups excluding carboxylic acids is 2. The Bertz CT molecular complexity index is 1360. The lowest BCUT2D eigenvalue weighted by molar-refractivity contribution is -0.125. The van der Waals surface area contributed by atoms with E-state index >= 15 is 0 Å². The zero-order valence-corrected chi connectivity index (χ0v) is 21.7. The first-order valence-electron chi connectivity index (χ1n) is 13.0. The second kappa shape index (κ2) is 10.0. The van der Waals surface area contributed by atoms with Crippen LogP contribution in [0.2, 0.25) is 0 Å². The molecule has 5 rings (SSSR count). The van der Waals surface area contributed by atoms with E-state index in [2.05, 4.69) is 10.3 Å². The average molecular weight is 528 g/mol. The molecule has 2 aliphatic rings. The van der Waals surface area contributed by atoms with Crippen molar-refractivity contribution in [2.75, 3.05) is 13.1 Å². The van der Waals surface area contributed by atoms with Crippen LogP contribution in [0.5, 0.6) is 0 Å². The first kappa shape index (κ1) is 26.1. The van der Waals surface area contributed by atoms with Crippen molar-refractivity contribution in [1.82, 2.24) is 15.2 Å². The maximum absolute atomic E-state index is 14.6. The van der Waals surface area contributed by atoms with E-state index in [1.807, 2.05) is 0 Å². The standard InChI is InChI=1S/C29H32F3N3O3/c1-29(2,3)38-28(37)35-10-4-5-23(35)27(36)33-15-16-11-18(12-16)24-21-13-20(31)14-22(32)26(21)34-25(24)17-6-8-19(30)9-7-17/h6-9,13-14,16,18,23,34H,4-5,10-12,15H2,1-3H3,(H,33,36)/t16-,18-,23-/m1/s1. The van der Waals surface area contributed by atoms with Gasteiger partial charge in [-0.15, -0.1) is 0 Å². The van der Waals surface area contributed by atoms with E-state index in [4.69, 9.17) is 4.74 Å². The third kappa shape index (κ3) is 5.24. The Hall–Kier alpha value is -3.49. The molecule has 0 radical (unpaired) electrons. The number of nitrogens with one attached hydrogen (secondary N) is 2. The van der Waals surface area contributed by atoms with Crippen LogP contribution in [-0.2, 0) is 9.53 Å². The monoisotopic (exact) mass is 527 g/mol. The fourth-order valence-corrected chi connectivity index (χ4v) is 5.59. The van der Waals surface area contributed by atoms with Gasteiger partial charge in [0.15, 0.2) is 0 Å². The van der Waals surface area contributed by atoms with Crippen molar-refractivity contribution in [3.05, 3.63) is 59.4 Å². The van der Waals surface area contributed by atoms with Crippen molar-refractivity contribution in [2.45, 2.75) is 64.0 Å². The average Bonchev–Trinajstić information content (AvgIpc) is 3.43. The summed E-state index contributed by atoms with van der Waals surface area (Å²) in [5.74, 6) is -1.70. The molecule has 1 aliphatic heterocycles. The Morgan fingerprint density at radius 1 is 1.08 bits per heavy atom. The Kier molecular flexibility index (Phi) is 6.88. The van der Waals surface area contributed by atoms with Gasteiger partial charge in [-0.3, -0.25) is 9.69 Å². The number of fused-ring (bicyclic) bond motifs is 1. The summed E-state index contributed by atoms with van der Waals surface area (Å²) < 4.78 is 47.7. The zero-order chi connectivity index (χ0) is 27.2. The number of hydrogen-bond donors (Lipinski definition) is 2. The SMILES string of the molecule is CC(C)(C)OC(=O)N1CCC[C@@H]1C(=O)NC[C@H]1C[C@H](c2c(-c3ccc(F)cc3)[nH]c3c(F)cc(F)cc32)C1. The maximum Gasteiger partial charge on any atom is 0.410 e. The van der Waals surface area contributed by atoms with E-state index in [9.17, 15) is 22.8 Å². The summed E-state index contributed by atoms with van der Waals surface area (Å²) >= 11 is 0. The van der Waals surface area contributed by atoms with Crippen LogP contribution in [-0.4, -0.2) is 46.6 Å². The molecule has 2 aromatic carbocycles. The van der Waals surface area contributed by atoms with Gasteiger partial charge in [-0.25, -0.2) is 18.0 Å². The van der Waals surface area contributed by atoms with Crippen LogP contribution in [0.4, 0.5) is 18.0 Å². The van der Waals surface area contributed by atoms with Crippen LogP contribution in [0.1, 0.15) is 57.9 Å². The van der Waals surface area contributed by atoms with Crippen LogP contribution in [0.15, 0.2) is 36.4 Å². The summed E-state index contributed by atoms with van der Waals surface area (Å²) in [6.45, 7) is 6.31. The van der Waals surface area contributed by atoms with E-state index in [0.29, 0.717) is 36.2 Å². The minimum atomic E-state index is -0.677. The number of aromatic amines is 1. The molecule has 38 heavy (non-hydrogen) atoms. The van der Waals surface area contributed by atoms with Crippen LogP contribution in [0.3, 0.4) is 0 Å². The van der Waals surface area contributed by atoms with Gasteiger partial charge in [0.2, 0.25) is 5.91 Å². The second-order valence-corrected chi connectivity index (χ2v) is 11.3. The van der Waals surface area contributed by atoms with Gasteiger partial charge >= 0.3 is 6.09 Å². The molecule has 1 saturated carbocycles. The minimum absolute atomic E-state index is 0.0247. The first-order valence-corrected chi connectivity index (χ1v) is 13.0. The zero-order valence-electron chi connectivity index (χ0n) is 21.7. The molecule has 0 spiro atoms. The number of carbonyl (C=O) groups is 2. The molecule has 0 bridgehead atoms. The van der Waals surface area contributed by atoms with Gasteiger partial charge < -0.3 is 15.0 Å². The van der Waals surface area contributed by atoms with E-state index in [-0.39, 0.29) is 29.1 Å². The quantitative estimate of drug-likeness (QED) is 0.411. The topological polar surface area (TPSA) is 74.4 Å². The third-order valence-corrected chi connectivity index (χ3v) is 7.39. The van der Waals surface area contributed by atoms with Crippen molar-refractivity contribution in [3.63, 3.8) is 0 Å². The fourth-order valence-electron chi connectivity index (χ4n) is 5.59. The number of rotatable bonds is 5. The van der Waals surface area contributed by atoms with Gasteiger partial charge in [0.05, 0.1) is 11.2 Å². The molecule has 1 aliphatic carbocycles. The lowest BCUT2D eigenvalue weighted by Gasteiger charge is -2.36. The smallest absolute Gasteiger partial charge is 0.410 e. The van der Waals surface area contributed by atoms with Crippen molar-refractivity contribution in [3.8, 4) is 11.3 Å². The highest BCUT2D eigenvalue weighted by atomic mass is 19.1. The van der Waals surface area contributed by atoms with Gasteiger partial charge in [-0.1, -0.05) is 0 Å². The van der Waals surface area contributed by atoms with Crippen LogP contribution >= 0.6 is 0 Å². The van der Waals surface area contributed by atoms with Crippen LogP contribution in [0, 0.1) is 23.4 Å². The van der Waals surface area contributed by atoms with Gasteiger partial charge in [0.25, 0.3) is 0 Å². The summed E-state index contributed by atoms with van der Waals surface area (Å²) in [4.78, 5) is 30.0. The van der Waals surface area contributed by atoms with Gasteiger partial charge in [0, 0.05) is 24.5 Å². The predicted octanol–water partition coefficient (Wildman–Crippen LogP) is 6.26. The van der Waals surface area contributed by atoms with Crippen molar-refractivity contribution in [1.29, 1.82) is 0 Å². The number of benzene rings is 2. The molecule has 2 fully saturated rings. The van der Waals surface area contributed by atoms with E-state index in [1.165, 1.54) is 23.1 Å². The summed E-state index contributed by atoms with van der Waals surface area (Å²) in [6.07, 6.45) is 2.29. The number of ether oxygens (including phenoxy) is 1. The maximum atomic E-state index is 14.6. The normalized spacial score (nSPS) is 21.4. The number of aromatic nitrogens is 1. The Morgan fingerprint density at radius 2 is 1.79 bits per heavy atom. The van der Waals surface area contributed by atoms with E-state index < -0.39 is 29.4 Å². The lowest BCUT2D eigenvalue weighted by Crippen LogP contribution is -2.49. The molecule has 202 valence electrons. The van der Waals surface area contributed by atoms with Gasteiger partial charge in [-0.05, 0) is 99.7 Å². The van der Waals surface area contributed by atoms with Gasteiger partial charge in [0.1, 0.15) is 29.1 Å². The highest BCUT2D eigenvalue weighted by molar-refractivity contribution is 5.92.